The van der Waals surface area contributed by atoms with E-state index < -0.39 is 0 Å². The molecule has 1 aromatic heterocycles. The summed E-state index contributed by atoms with van der Waals surface area (Å²) in [6.07, 6.45) is 1.13. The molecular formula is C17H20FN5O3. The minimum atomic E-state index is -0.388. The van der Waals surface area contributed by atoms with Gasteiger partial charge in [-0.05, 0) is 12.5 Å². The van der Waals surface area contributed by atoms with E-state index in [0.717, 1.165) is 0 Å². The maximum absolute atomic E-state index is 13.8. The van der Waals surface area contributed by atoms with Crippen molar-refractivity contribution in [3.05, 3.63) is 52.0 Å². The quantitative estimate of drug-likeness (QED) is 0.689. The Balaban J connectivity index is 1.53. The van der Waals surface area contributed by atoms with Crippen molar-refractivity contribution in [2.75, 3.05) is 13.1 Å². The molecular weight excluding hydrogens is 341 g/mol. The molecule has 1 saturated heterocycles. The molecule has 2 aromatic rings. The first-order valence-corrected chi connectivity index (χ1v) is 8.45. The van der Waals surface area contributed by atoms with Crippen molar-refractivity contribution in [2.45, 2.75) is 25.8 Å². The topological polar surface area (TPSA) is 111 Å². The van der Waals surface area contributed by atoms with Crippen LogP contribution in [-0.4, -0.2) is 45.0 Å². The SMILES string of the molecule is O=C(NCCc1n[nH]c(=O)[nH]1)C1CCC(=O)N(Cc2ccccc2F)C1. The summed E-state index contributed by atoms with van der Waals surface area (Å²) in [5, 5.41) is 8.82. The van der Waals surface area contributed by atoms with Crippen molar-refractivity contribution in [1.82, 2.24) is 25.4 Å². The number of nitrogens with zero attached hydrogens (tertiary/aromatic N) is 2. The smallest absolute Gasteiger partial charge is 0.340 e. The first-order chi connectivity index (χ1) is 12.5. The molecule has 1 aliphatic rings. The van der Waals surface area contributed by atoms with Crippen LogP contribution in [0.3, 0.4) is 0 Å². The highest BCUT2D eigenvalue weighted by molar-refractivity contribution is 5.83. The molecule has 2 heterocycles. The minimum absolute atomic E-state index is 0.0774. The maximum atomic E-state index is 13.8. The second-order valence-electron chi connectivity index (χ2n) is 6.27. The van der Waals surface area contributed by atoms with Crippen LogP contribution in [0.15, 0.2) is 29.1 Å². The van der Waals surface area contributed by atoms with Crippen molar-refractivity contribution < 1.29 is 14.0 Å². The number of likely N-dealkylation sites (tertiary alicyclic amines) is 1. The number of H-pyrrole nitrogens is 2. The molecule has 26 heavy (non-hydrogen) atoms. The van der Waals surface area contributed by atoms with E-state index in [1.165, 1.54) is 11.0 Å². The zero-order valence-electron chi connectivity index (χ0n) is 14.1. The number of hydrogen-bond donors (Lipinski definition) is 3. The standard InChI is InChI=1S/C17H20FN5O3/c18-13-4-2-1-3-11(13)9-23-10-12(5-6-15(23)24)16(25)19-8-7-14-20-17(26)22-21-14/h1-4,12H,5-10H2,(H,19,25)(H2,20,21,22,26). The van der Waals surface area contributed by atoms with Gasteiger partial charge in [0.25, 0.3) is 0 Å². The van der Waals surface area contributed by atoms with Gasteiger partial charge in [-0.1, -0.05) is 18.2 Å². The summed E-state index contributed by atoms with van der Waals surface area (Å²) in [5.74, 6) is -0.465. The zero-order chi connectivity index (χ0) is 18.5. The van der Waals surface area contributed by atoms with Gasteiger partial charge in [0.1, 0.15) is 11.6 Å². The molecule has 0 spiro atoms. The number of aromatic amines is 2. The highest BCUT2D eigenvalue weighted by Gasteiger charge is 2.30. The van der Waals surface area contributed by atoms with Crippen LogP contribution in [0.25, 0.3) is 0 Å². The van der Waals surface area contributed by atoms with Gasteiger partial charge >= 0.3 is 5.69 Å². The van der Waals surface area contributed by atoms with Gasteiger partial charge < -0.3 is 10.2 Å². The molecule has 1 atom stereocenters. The maximum Gasteiger partial charge on any atom is 0.340 e. The number of benzene rings is 1. The largest absolute Gasteiger partial charge is 0.355 e. The summed E-state index contributed by atoms with van der Waals surface area (Å²) >= 11 is 0. The van der Waals surface area contributed by atoms with Crippen molar-refractivity contribution in [3.8, 4) is 0 Å². The lowest BCUT2D eigenvalue weighted by Gasteiger charge is -2.32. The molecule has 2 amide bonds. The number of piperidine rings is 1. The van der Waals surface area contributed by atoms with Gasteiger partial charge in [-0.3, -0.25) is 14.6 Å². The summed E-state index contributed by atoms with van der Waals surface area (Å²) in [5.41, 5.74) is 0.0466. The molecule has 0 bridgehead atoms. The number of amides is 2. The Bertz CT molecular complexity index is 847. The molecule has 3 rings (SSSR count). The molecule has 1 aromatic carbocycles. The van der Waals surface area contributed by atoms with E-state index in [2.05, 4.69) is 20.5 Å². The Kier molecular flexibility index (Phi) is 5.45. The fourth-order valence-electron chi connectivity index (χ4n) is 2.99. The van der Waals surface area contributed by atoms with Gasteiger partial charge in [0.15, 0.2) is 0 Å². The zero-order valence-corrected chi connectivity index (χ0v) is 14.1. The van der Waals surface area contributed by atoms with Crippen LogP contribution in [0, 0.1) is 11.7 Å². The van der Waals surface area contributed by atoms with Crippen LogP contribution in [0.5, 0.6) is 0 Å². The van der Waals surface area contributed by atoms with E-state index in [1.807, 2.05) is 0 Å². The normalized spacial score (nSPS) is 17.3. The van der Waals surface area contributed by atoms with Gasteiger partial charge in [-0.15, -0.1) is 0 Å². The monoisotopic (exact) mass is 361 g/mol. The van der Waals surface area contributed by atoms with Crippen LogP contribution in [0.1, 0.15) is 24.2 Å². The van der Waals surface area contributed by atoms with Gasteiger partial charge in [0, 0.05) is 38.0 Å². The van der Waals surface area contributed by atoms with Crippen molar-refractivity contribution >= 4 is 11.8 Å². The first kappa shape index (κ1) is 17.8. The first-order valence-electron chi connectivity index (χ1n) is 8.45. The highest BCUT2D eigenvalue weighted by atomic mass is 19.1. The molecule has 9 heteroatoms. The molecule has 1 unspecified atom stereocenters. The predicted octanol–water partition coefficient (Wildman–Crippen LogP) is 0.335. The number of rotatable bonds is 6. The van der Waals surface area contributed by atoms with E-state index in [1.54, 1.807) is 18.2 Å². The predicted molar refractivity (Wildman–Crippen MR) is 90.5 cm³/mol. The summed E-state index contributed by atoms with van der Waals surface area (Å²) in [4.78, 5) is 39.4. The number of carbonyl (C=O) groups excluding carboxylic acids is 2. The van der Waals surface area contributed by atoms with E-state index >= 15 is 0 Å². The van der Waals surface area contributed by atoms with Crippen LogP contribution < -0.4 is 11.0 Å². The fraction of sp³-hybridized carbons (Fsp3) is 0.412. The summed E-state index contributed by atoms with van der Waals surface area (Å²) in [7, 11) is 0. The van der Waals surface area contributed by atoms with Crippen molar-refractivity contribution in [2.24, 2.45) is 5.92 Å². The Labute approximate surface area is 148 Å². The van der Waals surface area contributed by atoms with E-state index in [0.29, 0.717) is 30.8 Å². The molecule has 1 fully saturated rings. The lowest BCUT2D eigenvalue weighted by Crippen LogP contribution is -2.45. The van der Waals surface area contributed by atoms with Crippen LogP contribution in [-0.2, 0) is 22.6 Å². The summed E-state index contributed by atoms with van der Waals surface area (Å²) < 4.78 is 13.8. The fourth-order valence-corrected chi connectivity index (χ4v) is 2.99. The van der Waals surface area contributed by atoms with E-state index in [-0.39, 0.29) is 48.7 Å². The number of carbonyl (C=O) groups is 2. The number of hydrogen-bond acceptors (Lipinski definition) is 4. The van der Waals surface area contributed by atoms with E-state index in [9.17, 15) is 18.8 Å². The van der Waals surface area contributed by atoms with Crippen LogP contribution in [0.4, 0.5) is 4.39 Å². The highest BCUT2D eigenvalue weighted by Crippen LogP contribution is 2.21. The van der Waals surface area contributed by atoms with Gasteiger partial charge in [0.2, 0.25) is 11.8 Å². The second kappa shape index (κ2) is 7.94. The van der Waals surface area contributed by atoms with Crippen LogP contribution in [0.2, 0.25) is 0 Å². The Morgan fingerprint density at radius 3 is 2.88 bits per heavy atom. The van der Waals surface area contributed by atoms with Gasteiger partial charge in [0.05, 0.1) is 5.92 Å². The Morgan fingerprint density at radius 2 is 2.15 bits per heavy atom. The molecule has 3 N–H and O–H groups in total. The third-order valence-electron chi connectivity index (χ3n) is 4.40. The summed E-state index contributed by atoms with van der Waals surface area (Å²) in [6, 6.07) is 6.31. The van der Waals surface area contributed by atoms with Crippen molar-refractivity contribution in [3.63, 3.8) is 0 Å². The third-order valence-corrected chi connectivity index (χ3v) is 4.40. The van der Waals surface area contributed by atoms with Gasteiger partial charge in [-0.2, -0.15) is 5.10 Å². The number of aromatic nitrogens is 3. The minimum Gasteiger partial charge on any atom is -0.355 e. The molecule has 138 valence electrons. The second-order valence-corrected chi connectivity index (χ2v) is 6.27. The molecule has 0 radical (unpaired) electrons. The average Bonchev–Trinajstić information content (AvgIpc) is 3.04. The van der Waals surface area contributed by atoms with E-state index in [4.69, 9.17) is 0 Å². The average molecular weight is 361 g/mol. The van der Waals surface area contributed by atoms with Crippen LogP contribution >= 0.6 is 0 Å². The Hall–Kier alpha value is -2.97. The molecule has 1 aliphatic heterocycles. The third kappa shape index (κ3) is 4.35. The lowest BCUT2D eigenvalue weighted by atomic mass is 9.96. The number of nitrogens with one attached hydrogen (secondary N) is 3. The number of halogens is 1. The molecule has 8 nitrogen and oxygen atoms in total. The Morgan fingerprint density at radius 1 is 1.35 bits per heavy atom. The summed E-state index contributed by atoms with van der Waals surface area (Å²) in [6.45, 7) is 0.749. The lowest BCUT2D eigenvalue weighted by molar-refractivity contribution is -0.138. The van der Waals surface area contributed by atoms with Crippen molar-refractivity contribution in [1.29, 1.82) is 0 Å². The van der Waals surface area contributed by atoms with Gasteiger partial charge in [-0.25, -0.2) is 14.3 Å². The molecule has 0 saturated carbocycles. The molecule has 0 aliphatic carbocycles.